The quantitative estimate of drug-likeness (QED) is 0.591. The Bertz CT molecular complexity index is 981. The number of rotatable bonds is 4. The summed E-state index contributed by atoms with van der Waals surface area (Å²) in [7, 11) is 0. The van der Waals surface area contributed by atoms with Crippen LogP contribution in [-0.4, -0.2) is 20.9 Å². The molecule has 2 heterocycles. The van der Waals surface area contributed by atoms with Gasteiger partial charge in [0.2, 0.25) is 17.6 Å². The highest BCUT2D eigenvalue weighted by atomic mass is 79.9. The predicted molar refractivity (Wildman–Crippen MR) is 106 cm³/mol. The zero-order valence-electron chi connectivity index (χ0n) is 15.3. The molecule has 0 N–H and O–H groups in total. The molecule has 138 valence electrons. The Kier molecular flexibility index (Phi) is 4.83. The summed E-state index contributed by atoms with van der Waals surface area (Å²) in [5.41, 5.74) is 4.42. The average Bonchev–Trinajstić information content (AvgIpc) is 3.27. The molecule has 2 aromatic carbocycles. The summed E-state index contributed by atoms with van der Waals surface area (Å²) >= 11 is 3.44. The van der Waals surface area contributed by atoms with Gasteiger partial charge in [-0.1, -0.05) is 45.4 Å². The number of carbonyl (C=O) groups is 1. The Labute approximate surface area is 166 Å². The normalized spacial score (nSPS) is 16.9. The van der Waals surface area contributed by atoms with Crippen molar-refractivity contribution in [2.75, 3.05) is 0 Å². The largest absolute Gasteiger partial charge is 0.337 e. The highest BCUT2D eigenvalue weighted by Gasteiger charge is 2.36. The van der Waals surface area contributed by atoms with E-state index in [2.05, 4.69) is 52.1 Å². The van der Waals surface area contributed by atoms with Gasteiger partial charge in [-0.15, -0.1) is 0 Å². The number of aromatic nitrogens is 2. The van der Waals surface area contributed by atoms with Crippen LogP contribution in [0, 0.1) is 13.8 Å². The van der Waals surface area contributed by atoms with Gasteiger partial charge < -0.3 is 9.42 Å². The van der Waals surface area contributed by atoms with Gasteiger partial charge in [-0.3, -0.25) is 4.79 Å². The van der Waals surface area contributed by atoms with Gasteiger partial charge in [0.15, 0.2) is 0 Å². The molecule has 5 nitrogen and oxygen atoms in total. The minimum atomic E-state index is -0.172. The fourth-order valence-corrected chi connectivity index (χ4v) is 3.61. The number of likely N-dealkylation sites (tertiary alicyclic amines) is 1. The first-order chi connectivity index (χ1) is 13.0. The first kappa shape index (κ1) is 17.9. The lowest BCUT2D eigenvalue weighted by atomic mass is 10.1. The van der Waals surface area contributed by atoms with Gasteiger partial charge >= 0.3 is 0 Å². The molecule has 0 radical (unpaired) electrons. The van der Waals surface area contributed by atoms with Crippen molar-refractivity contribution >= 4 is 21.8 Å². The molecule has 4 rings (SSSR count). The second-order valence-electron chi connectivity index (χ2n) is 6.96. The maximum Gasteiger partial charge on any atom is 0.249 e. The van der Waals surface area contributed by atoms with Crippen molar-refractivity contribution in [2.24, 2.45) is 0 Å². The minimum absolute atomic E-state index is 0.119. The molecule has 6 heteroatoms. The van der Waals surface area contributed by atoms with Crippen LogP contribution in [0.1, 0.15) is 41.5 Å². The molecule has 1 saturated heterocycles. The highest BCUT2D eigenvalue weighted by Crippen LogP contribution is 2.34. The Hall–Kier alpha value is -2.47. The maximum absolute atomic E-state index is 12.4. The van der Waals surface area contributed by atoms with Crippen LogP contribution in [-0.2, 0) is 11.3 Å². The standard InChI is InChI=1S/C21H20BrN3O2/c1-13-3-6-16(11-14(13)2)20-23-21(27-24-20)18-9-10-19(26)25(18)12-15-4-7-17(22)8-5-15/h3-8,11,18H,9-10,12H2,1-2H3. The van der Waals surface area contributed by atoms with Gasteiger partial charge in [-0.2, -0.15) is 4.98 Å². The monoisotopic (exact) mass is 425 g/mol. The fraction of sp³-hybridized carbons (Fsp3) is 0.286. The minimum Gasteiger partial charge on any atom is -0.337 e. The summed E-state index contributed by atoms with van der Waals surface area (Å²) < 4.78 is 6.56. The van der Waals surface area contributed by atoms with E-state index in [1.165, 1.54) is 11.1 Å². The van der Waals surface area contributed by atoms with Crippen LogP contribution in [0.5, 0.6) is 0 Å². The van der Waals surface area contributed by atoms with Gasteiger partial charge in [0.25, 0.3) is 0 Å². The Morgan fingerprint density at radius 2 is 1.93 bits per heavy atom. The van der Waals surface area contributed by atoms with Gasteiger partial charge in [0, 0.05) is 23.0 Å². The van der Waals surface area contributed by atoms with Crippen molar-refractivity contribution in [1.29, 1.82) is 0 Å². The third-order valence-corrected chi connectivity index (χ3v) is 5.61. The van der Waals surface area contributed by atoms with Crippen molar-refractivity contribution in [3.05, 3.63) is 69.5 Å². The second kappa shape index (κ2) is 7.27. The number of nitrogens with zero attached hydrogens (tertiary/aromatic N) is 3. The predicted octanol–water partition coefficient (Wildman–Crippen LogP) is 4.98. The van der Waals surface area contributed by atoms with Crippen LogP contribution >= 0.6 is 15.9 Å². The van der Waals surface area contributed by atoms with E-state index in [0.717, 1.165) is 15.6 Å². The van der Waals surface area contributed by atoms with E-state index in [9.17, 15) is 4.79 Å². The summed E-state index contributed by atoms with van der Waals surface area (Å²) in [4.78, 5) is 18.8. The Balaban J connectivity index is 1.58. The maximum atomic E-state index is 12.4. The van der Waals surface area contributed by atoms with Crippen molar-refractivity contribution in [1.82, 2.24) is 15.0 Å². The molecule has 1 aliphatic rings. The molecule has 0 saturated carbocycles. The second-order valence-corrected chi connectivity index (χ2v) is 7.87. The fourth-order valence-electron chi connectivity index (χ4n) is 3.34. The molecule has 1 amide bonds. The van der Waals surface area contributed by atoms with E-state index in [-0.39, 0.29) is 11.9 Å². The summed E-state index contributed by atoms with van der Waals surface area (Å²) in [6.07, 6.45) is 1.20. The lowest BCUT2D eigenvalue weighted by molar-refractivity contribution is -0.129. The van der Waals surface area contributed by atoms with E-state index >= 15 is 0 Å². The van der Waals surface area contributed by atoms with Crippen LogP contribution < -0.4 is 0 Å². The van der Waals surface area contributed by atoms with Crippen molar-refractivity contribution < 1.29 is 9.32 Å². The molecule has 1 unspecified atom stereocenters. The zero-order valence-corrected chi connectivity index (χ0v) is 16.9. The van der Waals surface area contributed by atoms with Crippen molar-refractivity contribution in [2.45, 2.75) is 39.3 Å². The smallest absolute Gasteiger partial charge is 0.249 e. The average molecular weight is 426 g/mol. The van der Waals surface area contributed by atoms with Crippen LogP contribution in [0.25, 0.3) is 11.4 Å². The van der Waals surface area contributed by atoms with Gasteiger partial charge in [0.1, 0.15) is 6.04 Å². The molecule has 0 aliphatic carbocycles. The number of carbonyl (C=O) groups excluding carboxylic acids is 1. The lowest BCUT2D eigenvalue weighted by Crippen LogP contribution is -2.27. The van der Waals surface area contributed by atoms with E-state index in [1.807, 2.05) is 35.2 Å². The molecule has 1 aliphatic heterocycles. The van der Waals surface area contributed by atoms with Gasteiger partial charge in [-0.05, 0) is 55.2 Å². The SMILES string of the molecule is Cc1ccc(-c2noc(C3CCC(=O)N3Cc3ccc(Br)cc3)n2)cc1C. The number of amides is 1. The number of halogens is 1. The molecular formula is C21H20BrN3O2. The van der Waals surface area contributed by atoms with E-state index < -0.39 is 0 Å². The summed E-state index contributed by atoms with van der Waals surface area (Å²) in [5, 5.41) is 4.15. The molecule has 27 heavy (non-hydrogen) atoms. The Morgan fingerprint density at radius 1 is 1.15 bits per heavy atom. The summed E-state index contributed by atoms with van der Waals surface area (Å²) in [6, 6.07) is 13.9. The van der Waals surface area contributed by atoms with Gasteiger partial charge in [0.05, 0.1) is 0 Å². The molecule has 1 atom stereocenters. The molecule has 1 aromatic heterocycles. The first-order valence-corrected chi connectivity index (χ1v) is 9.76. The van der Waals surface area contributed by atoms with E-state index in [0.29, 0.717) is 31.1 Å². The number of aryl methyl sites for hydroxylation is 2. The van der Waals surface area contributed by atoms with Crippen LogP contribution in [0.2, 0.25) is 0 Å². The number of hydrogen-bond donors (Lipinski definition) is 0. The summed E-state index contributed by atoms with van der Waals surface area (Å²) in [5.74, 6) is 1.19. The van der Waals surface area contributed by atoms with Crippen LogP contribution in [0.15, 0.2) is 51.5 Å². The highest BCUT2D eigenvalue weighted by molar-refractivity contribution is 9.10. The first-order valence-electron chi connectivity index (χ1n) is 8.96. The topological polar surface area (TPSA) is 59.2 Å². The van der Waals surface area contributed by atoms with E-state index in [4.69, 9.17) is 4.52 Å². The van der Waals surface area contributed by atoms with Crippen molar-refractivity contribution in [3.63, 3.8) is 0 Å². The number of benzene rings is 2. The van der Waals surface area contributed by atoms with E-state index in [1.54, 1.807) is 0 Å². The zero-order chi connectivity index (χ0) is 19.0. The number of hydrogen-bond acceptors (Lipinski definition) is 4. The third kappa shape index (κ3) is 3.67. The third-order valence-electron chi connectivity index (χ3n) is 5.09. The molecule has 0 bridgehead atoms. The molecule has 1 fully saturated rings. The lowest BCUT2D eigenvalue weighted by Gasteiger charge is -2.22. The van der Waals surface area contributed by atoms with Gasteiger partial charge in [-0.25, -0.2) is 0 Å². The van der Waals surface area contributed by atoms with Crippen molar-refractivity contribution in [3.8, 4) is 11.4 Å². The molecular weight excluding hydrogens is 406 g/mol. The van der Waals surface area contributed by atoms with Crippen LogP contribution in [0.4, 0.5) is 0 Å². The Morgan fingerprint density at radius 3 is 2.67 bits per heavy atom. The summed E-state index contributed by atoms with van der Waals surface area (Å²) in [6.45, 7) is 4.68. The van der Waals surface area contributed by atoms with Crippen LogP contribution in [0.3, 0.4) is 0 Å². The molecule has 0 spiro atoms. The molecule has 3 aromatic rings.